The molecule has 0 unspecified atom stereocenters. The first-order chi connectivity index (χ1) is 15.7. The predicted molar refractivity (Wildman–Crippen MR) is 115 cm³/mol. The SMILES string of the molecule is Cc1cc(C)n(-c2ccc(C(F)(F)F)cc2NC(=O)CCc2nc(-c3ccccc3)no2)n1. The van der Waals surface area contributed by atoms with Gasteiger partial charge in [-0.1, -0.05) is 35.5 Å². The number of hydrogen-bond donors (Lipinski definition) is 1. The summed E-state index contributed by atoms with van der Waals surface area (Å²) in [6.07, 6.45) is -4.46. The molecule has 2 aromatic heterocycles. The van der Waals surface area contributed by atoms with Crippen molar-refractivity contribution >= 4 is 11.6 Å². The molecule has 0 bridgehead atoms. The number of rotatable bonds is 6. The van der Waals surface area contributed by atoms with E-state index in [1.807, 2.05) is 30.3 Å². The van der Waals surface area contributed by atoms with Crippen LogP contribution in [-0.4, -0.2) is 25.8 Å². The Hall–Kier alpha value is -3.95. The highest BCUT2D eigenvalue weighted by Crippen LogP contribution is 2.34. The van der Waals surface area contributed by atoms with E-state index in [9.17, 15) is 18.0 Å². The highest BCUT2D eigenvalue weighted by Gasteiger charge is 2.31. The summed E-state index contributed by atoms with van der Waals surface area (Å²) >= 11 is 0. The van der Waals surface area contributed by atoms with Crippen molar-refractivity contribution in [3.63, 3.8) is 0 Å². The fraction of sp³-hybridized carbons (Fsp3) is 0.217. The van der Waals surface area contributed by atoms with E-state index in [1.54, 1.807) is 19.9 Å². The Morgan fingerprint density at radius 2 is 1.85 bits per heavy atom. The van der Waals surface area contributed by atoms with E-state index < -0.39 is 17.6 Å². The number of hydrogen-bond acceptors (Lipinski definition) is 5. The highest BCUT2D eigenvalue weighted by molar-refractivity contribution is 5.93. The number of nitrogens with one attached hydrogen (secondary N) is 1. The van der Waals surface area contributed by atoms with Crippen LogP contribution < -0.4 is 5.32 Å². The summed E-state index contributed by atoms with van der Waals surface area (Å²) < 4.78 is 46.5. The maximum atomic E-state index is 13.3. The molecule has 170 valence electrons. The molecule has 0 spiro atoms. The summed E-state index contributed by atoms with van der Waals surface area (Å²) in [7, 11) is 0. The number of alkyl halides is 3. The Balaban J connectivity index is 1.52. The lowest BCUT2D eigenvalue weighted by molar-refractivity contribution is -0.137. The standard InChI is InChI=1S/C23H20F3N5O2/c1-14-12-15(2)31(29-14)19-9-8-17(23(24,25)26)13-18(19)27-20(32)10-11-21-28-22(30-33-21)16-6-4-3-5-7-16/h3-9,12-13H,10-11H2,1-2H3,(H,27,32). The maximum absolute atomic E-state index is 13.3. The van der Waals surface area contributed by atoms with Crippen LogP contribution in [0.2, 0.25) is 0 Å². The number of aryl methyl sites for hydroxylation is 3. The smallest absolute Gasteiger partial charge is 0.339 e. The van der Waals surface area contributed by atoms with Crippen molar-refractivity contribution in [3.05, 3.63) is 77.4 Å². The Morgan fingerprint density at radius 1 is 1.09 bits per heavy atom. The van der Waals surface area contributed by atoms with E-state index in [4.69, 9.17) is 4.52 Å². The highest BCUT2D eigenvalue weighted by atomic mass is 19.4. The minimum absolute atomic E-state index is 0.0107. The lowest BCUT2D eigenvalue weighted by Crippen LogP contribution is -2.16. The van der Waals surface area contributed by atoms with Crippen LogP contribution in [0, 0.1) is 13.8 Å². The molecule has 1 N–H and O–H groups in total. The molecule has 0 aliphatic carbocycles. The summed E-state index contributed by atoms with van der Waals surface area (Å²) in [5, 5.41) is 10.8. The van der Waals surface area contributed by atoms with Crippen LogP contribution in [0.4, 0.5) is 18.9 Å². The predicted octanol–water partition coefficient (Wildman–Crippen LogP) is 5.13. The molecule has 4 rings (SSSR count). The van der Waals surface area contributed by atoms with Crippen molar-refractivity contribution in [2.24, 2.45) is 0 Å². The number of carbonyl (C=O) groups excluding carboxylic acids is 1. The quantitative estimate of drug-likeness (QED) is 0.436. The van der Waals surface area contributed by atoms with Crippen molar-refractivity contribution in [3.8, 4) is 17.1 Å². The fourth-order valence-electron chi connectivity index (χ4n) is 3.36. The number of anilines is 1. The number of nitrogens with zero attached hydrogens (tertiary/aromatic N) is 4. The lowest BCUT2D eigenvalue weighted by Gasteiger charge is -2.15. The van der Waals surface area contributed by atoms with Gasteiger partial charge in [-0.05, 0) is 38.1 Å². The largest absolute Gasteiger partial charge is 0.416 e. The van der Waals surface area contributed by atoms with E-state index in [0.29, 0.717) is 17.2 Å². The zero-order chi connectivity index (χ0) is 23.6. The van der Waals surface area contributed by atoms with Gasteiger partial charge < -0.3 is 9.84 Å². The summed E-state index contributed by atoms with van der Waals surface area (Å²) in [6, 6.07) is 14.2. The normalized spacial score (nSPS) is 11.5. The average molecular weight is 455 g/mol. The third-order valence-corrected chi connectivity index (χ3v) is 4.90. The number of carbonyl (C=O) groups is 1. The van der Waals surface area contributed by atoms with Gasteiger partial charge in [0.05, 0.1) is 22.6 Å². The molecular formula is C23H20F3N5O2. The molecule has 4 aromatic rings. The molecule has 0 aliphatic rings. The van der Waals surface area contributed by atoms with Gasteiger partial charge in [0.15, 0.2) is 0 Å². The molecule has 33 heavy (non-hydrogen) atoms. The van der Waals surface area contributed by atoms with Crippen molar-refractivity contribution in [1.29, 1.82) is 0 Å². The van der Waals surface area contributed by atoms with Gasteiger partial charge in [0.1, 0.15) is 0 Å². The molecule has 2 aromatic carbocycles. The first kappa shape index (κ1) is 22.3. The first-order valence-electron chi connectivity index (χ1n) is 10.1. The van der Waals surface area contributed by atoms with Gasteiger partial charge in [0, 0.05) is 24.1 Å². The molecule has 1 amide bonds. The van der Waals surface area contributed by atoms with Crippen LogP contribution in [0.5, 0.6) is 0 Å². The number of amides is 1. The summed E-state index contributed by atoms with van der Waals surface area (Å²) in [5.74, 6) is 0.166. The van der Waals surface area contributed by atoms with E-state index in [0.717, 1.165) is 23.4 Å². The van der Waals surface area contributed by atoms with Gasteiger partial charge in [0.2, 0.25) is 17.6 Å². The van der Waals surface area contributed by atoms with Crippen LogP contribution in [-0.2, 0) is 17.4 Å². The number of halogens is 3. The lowest BCUT2D eigenvalue weighted by atomic mass is 10.1. The summed E-state index contributed by atoms with van der Waals surface area (Å²) in [4.78, 5) is 16.9. The molecule has 2 heterocycles. The van der Waals surface area contributed by atoms with E-state index in [2.05, 4.69) is 20.6 Å². The second kappa shape index (κ2) is 8.89. The van der Waals surface area contributed by atoms with E-state index in [-0.39, 0.29) is 24.4 Å². The monoisotopic (exact) mass is 455 g/mol. The van der Waals surface area contributed by atoms with Crippen molar-refractivity contribution in [1.82, 2.24) is 19.9 Å². The molecular weight excluding hydrogens is 435 g/mol. The van der Waals surface area contributed by atoms with Gasteiger partial charge in [-0.3, -0.25) is 4.79 Å². The Bertz CT molecular complexity index is 1280. The van der Waals surface area contributed by atoms with Crippen LogP contribution in [0.25, 0.3) is 17.1 Å². The molecule has 0 saturated carbocycles. The van der Waals surface area contributed by atoms with Crippen LogP contribution >= 0.6 is 0 Å². The minimum atomic E-state index is -4.55. The second-order valence-electron chi connectivity index (χ2n) is 7.49. The molecule has 10 heteroatoms. The van der Waals surface area contributed by atoms with Gasteiger partial charge in [-0.25, -0.2) is 4.68 Å². The van der Waals surface area contributed by atoms with Crippen molar-refractivity contribution in [2.45, 2.75) is 32.9 Å². The summed E-state index contributed by atoms with van der Waals surface area (Å²) in [6.45, 7) is 3.56. The topological polar surface area (TPSA) is 85.8 Å². The third-order valence-electron chi connectivity index (χ3n) is 4.90. The van der Waals surface area contributed by atoms with Gasteiger partial charge in [0.25, 0.3) is 0 Å². The zero-order valence-corrected chi connectivity index (χ0v) is 17.8. The van der Waals surface area contributed by atoms with E-state index in [1.165, 1.54) is 10.7 Å². The van der Waals surface area contributed by atoms with Crippen LogP contribution in [0.3, 0.4) is 0 Å². The third kappa shape index (κ3) is 5.11. The maximum Gasteiger partial charge on any atom is 0.416 e. The number of benzene rings is 2. The van der Waals surface area contributed by atoms with Crippen LogP contribution in [0.1, 0.15) is 29.3 Å². The molecule has 0 fully saturated rings. The minimum Gasteiger partial charge on any atom is -0.339 e. The molecule has 0 aliphatic heterocycles. The van der Waals surface area contributed by atoms with Crippen molar-refractivity contribution in [2.75, 3.05) is 5.32 Å². The molecule has 0 saturated heterocycles. The van der Waals surface area contributed by atoms with Gasteiger partial charge >= 0.3 is 6.18 Å². The van der Waals surface area contributed by atoms with Gasteiger partial charge in [-0.2, -0.15) is 23.3 Å². The Kier molecular flexibility index (Phi) is 5.99. The molecule has 0 atom stereocenters. The zero-order valence-electron chi connectivity index (χ0n) is 17.8. The van der Waals surface area contributed by atoms with Gasteiger partial charge in [-0.15, -0.1) is 0 Å². The van der Waals surface area contributed by atoms with E-state index >= 15 is 0 Å². The Labute approximate surface area is 187 Å². The Morgan fingerprint density at radius 3 is 2.52 bits per heavy atom. The second-order valence-corrected chi connectivity index (χ2v) is 7.49. The fourth-order valence-corrected chi connectivity index (χ4v) is 3.36. The molecule has 7 nitrogen and oxygen atoms in total. The number of aromatic nitrogens is 4. The summed E-state index contributed by atoms with van der Waals surface area (Å²) in [5.41, 5.74) is 1.68. The first-order valence-corrected chi connectivity index (χ1v) is 10.1. The van der Waals surface area contributed by atoms with Crippen molar-refractivity contribution < 1.29 is 22.5 Å². The molecule has 0 radical (unpaired) electrons. The van der Waals surface area contributed by atoms with Crippen LogP contribution in [0.15, 0.2) is 59.1 Å². The average Bonchev–Trinajstić information content (AvgIpc) is 3.38.